The quantitative estimate of drug-likeness (QED) is 0.720. The molecule has 0 spiro atoms. The summed E-state index contributed by atoms with van der Waals surface area (Å²) >= 11 is 0. The maximum Gasteiger partial charge on any atom is 0.311 e. The van der Waals surface area contributed by atoms with Crippen molar-refractivity contribution in [1.29, 1.82) is 0 Å². The Labute approximate surface area is 108 Å². The third kappa shape index (κ3) is 1.55. The van der Waals surface area contributed by atoms with E-state index in [1.54, 1.807) is 0 Å². The highest BCUT2D eigenvalue weighted by Gasteiger charge is 2.63. The lowest BCUT2D eigenvalue weighted by Crippen LogP contribution is -2.40. The first kappa shape index (κ1) is 12.4. The Morgan fingerprint density at radius 2 is 1.83 bits per heavy atom. The van der Waals surface area contributed by atoms with Crippen molar-refractivity contribution in [3.8, 4) is 0 Å². The summed E-state index contributed by atoms with van der Waals surface area (Å²) in [7, 11) is 1.46. The van der Waals surface area contributed by atoms with Crippen LogP contribution in [0.5, 0.6) is 0 Å². The fourth-order valence-electron chi connectivity index (χ4n) is 4.28. The van der Waals surface area contributed by atoms with Crippen molar-refractivity contribution in [2.75, 3.05) is 7.11 Å². The number of hydrogen-bond donors (Lipinski definition) is 0. The highest BCUT2D eigenvalue weighted by Crippen LogP contribution is 2.55. The zero-order chi connectivity index (χ0) is 12.9. The largest absolute Gasteiger partial charge is 0.469 e. The Bertz CT molecular complexity index is 343. The van der Waals surface area contributed by atoms with Crippen LogP contribution in [0.1, 0.15) is 33.1 Å². The number of esters is 1. The summed E-state index contributed by atoms with van der Waals surface area (Å²) in [6, 6.07) is 0. The molecule has 0 aromatic rings. The maximum absolute atomic E-state index is 11.8. The highest BCUT2D eigenvalue weighted by atomic mass is 16.6. The summed E-state index contributed by atoms with van der Waals surface area (Å²) < 4.78 is 17.1. The molecule has 0 amide bonds. The molecule has 3 aliphatic rings. The van der Waals surface area contributed by atoms with Gasteiger partial charge in [-0.3, -0.25) is 4.79 Å². The highest BCUT2D eigenvalue weighted by molar-refractivity contribution is 5.73. The van der Waals surface area contributed by atoms with Crippen molar-refractivity contribution in [3.63, 3.8) is 0 Å². The first-order valence-electron chi connectivity index (χ1n) is 7.10. The molecule has 0 N–H and O–H groups in total. The van der Waals surface area contributed by atoms with Crippen LogP contribution < -0.4 is 0 Å². The molecule has 0 aliphatic carbocycles. The van der Waals surface area contributed by atoms with Gasteiger partial charge in [0.05, 0.1) is 37.4 Å². The van der Waals surface area contributed by atoms with Crippen LogP contribution in [-0.4, -0.2) is 37.5 Å². The average Bonchev–Trinajstić information content (AvgIpc) is 3.06. The first-order valence-corrected chi connectivity index (χ1v) is 7.10. The lowest BCUT2D eigenvalue weighted by Gasteiger charge is -2.28. The molecule has 3 saturated heterocycles. The van der Waals surface area contributed by atoms with Gasteiger partial charge in [0, 0.05) is 11.8 Å². The van der Waals surface area contributed by atoms with Crippen LogP contribution >= 0.6 is 0 Å². The summed E-state index contributed by atoms with van der Waals surface area (Å²) in [6.07, 6.45) is 3.63. The number of hydrogen-bond acceptors (Lipinski definition) is 4. The molecule has 7 unspecified atom stereocenters. The molecule has 0 radical (unpaired) electrons. The number of fused-ring (bicyclic) bond motifs is 5. The zero-order valence-electron chi connectivity index (χ0n) is 11.3. The number of carbonyl (C=O) groups is 1. The molecular formula is C14H22O4. The van der Waals surface area contributed by atoms with E-state index in [9.17, 15) is 4.79 Å². The van der Waals surface area contributed by atoms with E-state index in [1.807, 2.05) is 0 Å². The van der Waals surface area contributed by atoms with Gasteiger partial charge < -0.3 is 14.2 Å². The molecule has 0 aromatic carbocycles. The van der Waals surface area contributed by atoms with E-state index in [2.05, 4.69) is 13.8 Å². The van der Waals surface area contributed by atoms with Crippen LogP contribution in [0.25, 0.3) is 0 Å². The van der Waals surface area contributed by atoms with Crippen LogP contribution in [0.15, 0.2) is 0 Å². The van der Waals surface area contributed by atoms with Gasteiger partial charge in [0.2, 0.25) is 0 Å². The third-order valence-corrected chi connectivity index (χ3v) is 4.98. The zero-order valence-corrected chi connectivity index (χ0v) is 11.3. The molecule has 4 nitrogen and oxygen atoms in total. The Kier molecular flexibility index (Phi) is 3.10. The van der Waals surface area contributed by atoms with Gasteiger partial charge in [-0.05, 0) is 19.3 Å². The average molecular weight is 254 g/mol. The van der Waals surface area contributed by atoms with E-state index >= 15 is 0 Å². The van der Waals surface area contributed by atoms with Gasteiger partial charge in [-0.25, -0.2) is 0 Å². The summed E-state index contributed by atoms with van der Waals surface area (Å²) in [6.45, 7) is 4.32. The topological polar surface area (TPSA) is 44.8 Å². The van der Waals surface area contributed by atoms with Crippen molar-refractivity contribution < 1.29 is 19.0 Å². The second-order valence-corrected chi connectivity index (χ2v) is 5.69. The summed E-state index contributed by atoms with van der Waals surface area (Å²) in [4.78, 5) is 11.8. The predicted molar refractivity (Wildman–Crippen MR) is 65.0 cm³/mol. The van der Waals surface area contributed by atoms with E-state index in [1.165, 1.54) is 7.11 Å². The Morgan fingerprint density at radius 3 is 2.44 bits per heavy atom. The number of carbonyl (C=O) groups excluding carboxylic acids is 1. The predicted octanol–water partition coefficient (Wildman–Crippen LogP) is 1.77. The molecule has 0 aromatic heterocycles. The normalized spacial score (nSPS) is 49.4. The number of methoxy groups -OCH3 is 1. The van der Waals surface area contributed by atoms with Gasteiger partial charge in [-0.1, -0.05) is 13.8 Å². The van der Waals surface area contributed by atoms with Gasteiger partial charge >= 0.3 is 5.97 Å². The second kappa shape index (κ2) is 4.49. The molecular weight excluding hydrogens is 232 g/mol. The Morgan fingerprint density at radius 1 is 1.17 bits per heavy atom. The van der Waals surface area contributed by atoms with E-state index in [0.717, 1.165) is 19.3 Å². The Hall–Kier alpha value is -0.610. The third-order valence-electron chi connectivity index (χ3n) is 4.98. The molecule has 4 heteroatoms. The van der Waals surface area contributed by atoms with Gasteiger partial charge in [-0.15, -0.1) is 0 Å². The lowest BCUT2D eigenvalue weighted by atomic mass is 9.71. The van der Waals surface area contributed by atoms with Crippen LogP contribution in [-0.2, 0) is 19.0 Å². The van der Waals surface area contributed by atoms with Crippen molar-refractivity contribution >= 4 is 5.97 Å². The monoisotopic (exact) mass is 254 g/mol. The maximum atomic E-state index is 11.8. The minimum Gasteiger partial charge on any atom is -0.469 e. The molecule has 7 atom stereocenters. The van der Waals surface area contributed by atoms with Crippen molar-refractivity contribution in [2.45, 2.75) is 57.5 Å². The SMILES string of the molecule is CCC1OC(CC)C2C3OC(CC3C(=O)OC)C12. The van der Waals surface area contributed by atoms with E-state index < -0.39 is 0 Å². The van der Waals surface area contributed by atoms with E-state index in [-0.39, 0.29) is 30.2 Å². The number of ether oxygens (including phenoxy) is 3. The lowest BCUT2D eigenvalue weighted by molar-refractivity contribution is -0.148. The first-order chi connectivity index (χ1) is 8.71. The molecule has 3 heterocycles. The molecule has 3 fully saturated rings. The van der Waals surface area contributed by atoms with Gasteiger partial charge in [0.15, 0.2) is 0 Å². The van der Waals surface area contributed by atoms with Gasteiger partial charge in [0.1, 0.15) is 0 Å². The van der Waals surface area contributed by atoms with Crippen molar-refractivity contribution in [2.24, 2.45) is 17.8 Å². The molecule has 3 rings (SSSR count). The molecule has 18 heavy (non-hydrogen) atoms. The van der Waals surface area contributed by atoms with Crippen LogP contribution in [0.2, 0.25) is 0 Å². The summed E-state index contributed by atoms with van der Waals surface area (Å²) in [5, 5.41) is 0. The minimum atomic E-state index is -0.115. The minimum absolute atomic E-state index is 0.0222. The smallest absolute Gasteiger partial charge is 0.311 e. The summed E-state index contributed by atoms with van der Waals surface area (Å²) in [5.74, 6) is 0.693. The summed E-state index contributed by atoms with van der Waals surface area (Å²) in [5.41, 5.74) is 0. The van der Waals surface area contributed by atoms with Gasteiger partial charge in [-0.2, -0.15) is 0 Å². The fraction of sp³-hybridized carbons (Fsp3) is 0.929. The van der Waals surface area contributed by atoms with Crippen molar-refractivity contribution in [3.05, 3.63) is 0 Å². The number of rotatable bonds is 3. The molecule has 0 saturated carbocycles. The van der Waals surface area contributed by atoms with E-state index in [0.29, 0.717) is 17.9 Å². The standard InChI is InChI=1S/C14H22O4/c1-4-8-11-10-6-7(14(15)16-3)13(18-10)12(11)9(5-2)17-8/h7-13H,4-6H2,1-3H3. The van der Waals surface area contributed by atoms with E-state index in [4.69, 9.17) is 14.2 Å². The van der Waals surface area contributed by atoms with Crippen LogP contribution in [0, 0.1) is 17.8 Å². The fourth-order valence-corrected chi connectivity index (χ4v) is 4.28. The Balaban J connectivity index is 1.83. The van der Waals surface area contributed by atoms with Crippen LogP contribution in [0.4, 0.5) is 0 Å². The van der Waals surface area contributed by atoms with Crippen LogP contribution in [0.3, 0.4) is 0 Å². The molecule has 3 aliphatic heterocycles. The molecule has 2 bridgehead atoms. The van der Waals surface area contributed by atoms with Gasteiger partial charge in [0.25, 0.3) is 0 Å². The second-order valence-electron chi connectivity index (χ2n) is 5.69. The molecule has 102 valence electrons. The van der Waals surface area contributed by atoms with Crippen molar-refractivity contribution in [1.82, 2.24) is 0 Å².